The van der Waals surface area contributed by atoms with Gasteiger partial charge in [-0.05, 0) is 48.1 Å². The Labute approximate surface area is 167 Å². The van der Waals surface area contributed by atoms with Gasteiger partial charge in [-0.15, -0.1) is 5.10 Å². The standard InChI is InChI=1S/C18H13F3N4O3S/c1-27-14-9-11(10-22-25-16(18(19,20)21)23-24-17(25)29)7-8-13(14)28-15(26)12-5-3-2-4-6-12/h2-10H,1H3,(H,24,29). The third kappa shape index (κ3) is 4.69. The van der Waals surface area contributed by atoms with Gasteiger partial charge in [0.05, 0.1) is 18.9 Å². The third-order valence-corrected chi connectivity index (χ3v) is 3.89. The summed E-state index contributed by atoms with van der Waals surface area (Å²) in [6, 6.07) is 12.8. The second kappa shape index (κ2) is 8.27. The van der Waals surface area contributed by atoms with E-state index in [4.69, 9.17) is 21.7 Å². The molecule has 0 aliphatic rings. The Morgan fingerprint density at radius 1 is 1.21 bits per heavy atom. The first kappa shape index (κ1) is 20.3. The summed E-state index contributed by atoms with van der Waals surface area (Å²) in [6.45, 7) is 0. The van der Waals surface area contributed by atoms with Crippen LogP contribution in [0.2, 0.25) is 0 Å². The number of aromatic nitrogens is 3. The van der Waals surface area contributed by atoms with E-state index in [1.54, 1.807) is 30.3 Å². The van der Waals surface area contributed by atoms with Gasteiger partial charge >= 0.3 is 12.1 Å². The van der Waals surface area contributed by atoms with Crippen molar-refractivity contribution in [3.05, 3.63) is 70.3 Å². The fourth-order valence-corrected chi connectivity index (χ4v) is 2.47. The zero-order valence-electron chi connectivity index (χ0n) is 14.8. The van der Waals surface area contributed by atoms with E-state index in [9.17, 15) is 18.0 Å². The minimum atomic E-state index is -4.72. The molecule has 2 aromatic carbocycles. The topological polar surface area (TPSA) is 81.5 Å². The molecule has 0 spiro atoms. The van der Waals surface area contributed by atoms with E-state index in [1.807, 2.05) is 0 Å². The number of hydrogen-bond acceptors (Lipinski definition) is 6. The van der Waals surface area contributed by atoms with Crippen molar-refractivity contribution in [2.24, 2.45) is 5.10 Å². The van der Waals surface area contributed by atoms with E-state index >= 15 is 0 Å². The van der Waals surface area contributed by atoms with Crippen molar-refractivity contribution in [1.29, 1.82) is 0 Å². The number of hydrogen-bond donors (Lipinski definition) is 1. The molecule has 0 saturated heterocycles. The molecule has 1 heterocycles. The van der Waals surface area contributed by atoms with Gasteiger partial charge in [0.25, 0.3) is 5.82 Å². The normalized spacial score (nSPS) is 11.6. The van der Waals surface area contributed by atoms with Crippen molar-refractivity contribution >= 4 is 24.4 Å². The number of aromatic amines is 1. The molecule has 3 rings (SSSR count). The number of ether oxygens (including phenoxy) is 2. The summed E-state index contributed by atoms with van der Waals surface area (Å²) in [5.74, 6) is -1.51. The van der Waals surface area contributed by atoms with Crippen molar-refractivity contribution in [3.63, 3.8) is 0 Å². The molecular formula is C18H13F3N4O3S. The molecule has 1 aromatic heterocycles. The molecule has 1 N–H and O–H groups in total. The molecule has 0 bridgehead atoms. The van der Waals surface area contributed by atoms with Crippen LogP contribution in [0.4, 0.5) is 13.2 Å². The number of nitrogens with one attached hydrogen (secondary N) is 1. The molecule has 0 saturated carbocycles. The van der Waals surface area contributed by atoms with Crippen LogP contribution in [0.25, 0.3) is 0 Å². The smallest absolute Gasteiger partial charge is 0.453 e. The van der Waals surface area contributed by atoms with Crippen LogP contribution in [0, 0.1) is 4.77 Å². The highest BCUT2D eigenvalue weighted by atomic mass is 32.1. The molecule has 0 atom stereocenters. The van der Waals surface area contributed by atoms with Crippen LogP contribution in [-0.2, 0) is 6.18 Å². The second-order valence-corrected chi connectivity index (χ2v) is 5.96. The van der Waals surface area contributed by atoms with Crippen LogP contribution in [0.15, 0.2) is 53.6 Å². The van der Waals surface area contributed by atoms with Crippen LogP contribution in [0.5, 0.6) is 11.5 Å². The Morgan fingerprint density at radius 3 is 2.59 bits per heavy atom. The Hall–Kier alpha value is -3.47. The minimum absolute atomic E-state index is 0.148. The minimum Gasteiger partial charge on any atom is -0.493 e. The predicted octanol–water partition coefficient (Wildman–Crippen LogP) is 4.07. The number of nitrogens with zero attached hydrogens (tertiary/aromatic N) is 3. The average molecular weight is 422 g/mol. The molecule has 0 amide bonds. The number of halogens is 3. The monoisotopic (exact) mass is 422 g/mol. The lowest BCUT2D eigenvalue weighted by Gasteiger charge is -2.10. The van der Waals surface area contributed by atoms with Gasteiger partial charge in [-0.1, -0.05) is 18.2 Å². The average Bonchev–Trinajstić information content (AvgIpc) is 3.08. The van der Waals surface area contributed by atoms with Crippen molar-refractivity contribution < 1.29 is 27.4 Å². The quantitative estimate of drug-likeness (QED) is 0.290. The number of H-pyrrole nitrogens is 1. The fraction of sp³-hybridized carbons (Fsp3) is 0.111. The van der Waals surface area contributed by atoms with Gasteiger partial charge in [0, 0.05) is 0 Å². The highest BCUT2D eigenvalue weighted by Gasteiger charge is 2.37. The van der Waals surface area contributed by atoms with Crippen LogP contribution >= 0.6 is 12.2 Å². The van der Waals surface area contributed by atoms with Crippen molar-refractivity contribution in [2.45, 2.75) is 6.18 Å². The van der Waals surface area contributed by atoms with Gasteiger partial charge in [-0.2, -0.15) is 22.9 Å². The number of carbonyl (C=O) groups excluding carboxylic acids is 1. The molecule has 150 valence electrons. The molecule has 11 heteroatoms. The van der Waals surface area contributed by atoms with Crippen LogP contribution in [0.3, 0.4) is 0 Å². The van der Waals surface area contributed by atoms with E-state index in [-0.39, 0.29) is 16.3 Å². The number of rotatable bonds is 5. The molecule has 0 radical (unpaired) electrons. The first-order valence-electron chi connectivity index (χ1n) is 8.04. The molecule has 3 aromatic rings. The summed E-state index contributed by atoms with van der Waals surface area (Å²) in [7, 11) is 1.37. The number of alkyl halides is 3. The summed E-state index contributed by atoms with van der Waals surface area (Å²) in [5, 5.41) is 8.91. The lowest BCUT2D eigenvalue weighted by atomic mass is 10.2. The maximum Gasteiger partial charge on any atom is 0.453 e. The molecular weight excluding hydrogens is 409 g/mol. The Balaban J connectivity index is 1.85. The Morgan fingerprint density at radius 2 is 1.93 bits per heavy atom. The maximum absolute atomic E-state index is 12.9. The predicted molar refractivity (Wildman–Crippen MR) is 99.8 cm³/mol. The molecule has 0 aliphatic carbocycles. The zero-order valence-corrected chi connectivity index (χ0v) is 15.6. The number of methoxy groups -OCH3 is 1. The summed E-state index contributed by atoms with van der Waals surface area (Å²) in [4.78, 5) is 12.2. The fourth-order valence-electron chi connectivity index (χ4n) is 2.29. The van der Waals surface area contributed by atoms with E-state index in [0.717, 1.165) is 6.21 Å². The highest BCUT2D eigenvalue weighted by molar-refractivity contribution is 7.71. The van der Waals surface area contributed by atoms with Gasteiger partial charge in [0.15, 0.2) is 11.5 Å². The van der Waals surface area contributed by atoms with Gasteiger partial charge < -0.3 is 9.47 Å². The summed E-state index contributed by atoms with van der Waals surface area (Å²) < 4.78 is 49.5. The van der Waals surface area contributed by atoms with Gasteiger partial charge in [0.2, 0.25) is 4.77 Å². The van der Waals surface area contributed by atoms with Crippen molar-refractivity contribution in [2.75, 3.05) is 7.11 Å². The van der Waals surface area contributed by atoms with E-state index in [1.165, 1.54) is 25.3 Å². The van der Waals surface area contributed by atoms with Crippen LogP contribution in [0.1, 0.15) is 21.7 Å². The van der Waals surface area contributed by atoms with Gasteiger partial charge in [0.1, 0.15) is 0 Å². The van der Waals surface area contributed by atoms with Crippen LogP contribution < -0.4 is 9.47 Å². The lowest BCUT2D eigenvalue weighted by Crippen LogP contribution is -2.12. The number of esters is 1. The molecule has 29 heavy (non-hydrogen) atoms. The first-order chi connectivity index (χ1) is 13.8. The third-order valence-electron chi connectivity index (χ3n) is 3.63. The zero-order chi connectivity index (χ0) is 21.0. The summed E-state index contributed by atoms with van der Waals surface area (Å²) in [5.41, 5.74) is 0.742. The summed E-state index contributed by atoms with van der Waals surface area (Å²) in [6.07, 6.45) is -3.58. The van der Waals surface area contributed by atoms with E-state index in [2.05, 4.69) is 15.3 Å². The SMILES string of the molecule is COc1cc(C=Nn2c(C(F)(F)F)n[nH]c2=S)ccc1OC(=O)c1ccccc1. The molecule has 7 nitrogen and oxygen atoms in total. The summed E-state index contributed by atoms with van der Waals surface area (Å²) >= 11 is 4.77. The maximum atomic E-state index is 12.9. The van der Waals surface area contributed by atoms with Gasteiger partial charge in [-0.25, -0.2) is 9.89 Å². The van der Waals surface area contributed by atoms with Crippen molar-refractivity contribution in [1.82, 2.24) is 14.9 Å². The molecule has 0 fully saturated rings. The molecule has 0 aliphatic heterocycles. The highest BCUT2D eigenvalue weighted by Crippen LogP contribution is 2.29. The number of carbonyl (C=O) groups is 1. The first-order valence-corrected chi connectivity index (χ1v) is 8.44. The van der Waals surface area contributed by atoms with Crippen molar-refractivity contribution in [3.8, 4) is 11.5 Å². The lowest BCUT2D eigenvalue weighted by molar-refractivity contribution is -0.147. The molecule has 0 unspecified atom stereocenters. The largest absolute Gasteiger partial charge is 0.493 e. The van der Waals surface area contributed by atoms with Gasteiger partial charge in [-0.3, -0.25) is 0 Å². The van der Waals surface area contributed by atoms with E-state index < -0.39 is 18.0 Å². The van der Waals surface area contributed by atoms with Crippen LogP contribution in [-0.4, -0.2) is 34.2 Å². The number of benzene rings is 2. The second-order valence-electron chi connectivity index (χ2n) is 5.57. The Bertz CT molecular complexity index is 1110. The Kier molecular flexibility index (Phi) is 5.78. The van der Waals surface area contributed by atoms with E-state index in [0.29, 0.717) is 15.8 Å².